The molecule has 6 heterocycles. The van der Waals surface area contributed by atoms with Gasteiger partial charge in [0.1, 0.15) is 30.7 Å². The maximum Gasteiger partial charge on any atom is 0.332 e. The van der Waals surface area contributed by atoms with E-state index in [2.05, 4.69) is 70.8 Å². The number of fused-ring (bicyclic) bond motifs is 2. The van der Waals surface area contributed by atoms with Crippen LogP contribution in [0.15, 0.2) is 120 Å². The predicted molar refractivity (Wildman–Crippen MR) is 537 cm³/mol. The highest BCUT2D eigenvalue weighted by atomic mass is 16.6. The molecule has 0 bridgehead atoms. The van der Waals surface area contributed by atoms with Gasteiger partial charge in [-0.05, 0) is 118 Å². The van der Waals surface area contributed by atoms with E-state index in [4.69, 9.17) is 91.9 Å². The minimum Gasteiger partial charge on any atom is -0.495 e. The van der Waals surface area contributed by atoms with E-state index in [1.807, 2.05) is 66.9 Å². The van der Waals surface area contributed by atoms with Crippen LogP contribution in [0.2, 0.25) is 0 Å². The molecule has 145 heavy (non-hydrogen) atoms. The molecule has 42 nitrogen and oxygen atoms in total. The van der Waals surface area contributed by atoms with Gasteiger partial charge in [-0.25, -0.2) is 19.7 Å². The van der Waals surface area contributed by atoms with Gasteiger partial charge >= 0.3 is 12.0 Å². The Bertz CT molecular complexity index is 5320. The van der Waals surface area contributed by atoms with Crippen molar-refractivity contribution in [1.82, 2.24) is 66.5 Å². The van der Waals surface area contributed by atoms with Crippen molar-refractivity contribution < 1.29 is 119 Å². The minimum absolute atomic E-state index is 0.0115. The fourth-order valence-electron chi connectivity index (χ4n) is 16.6. The summed E-state index contributed by atoms with van der Waals surface area (Å²) in [7, 11) is 4.83. The number of benzene rings is 4. The number of carboxylic acids is 1. The first-order valence-corrected chi connectivity index (χ1v) is 49.9. The van der Waals surface area contributed by atoms with Gasteiger partial charge in [-0.3, -0.25) is 48.1 Å². The zero-order chi connectivity index (χ0) is 103. The van der Waals surface area contributed by atoms with Gasteiger partial charge in [0.25, 0.3) is 5.56 Å². The second-order valence-corrected chi connectivity index (χ2v) is 35.6. The number of hydrogen-bond acceptors (Lipinski definition) is 31. The third-order valence-corrected chi connectivity index (χ3v) is 24.9. The van der Waals surface area contributed by atoms with Crippen LogP contribution >= 0.6 is 0 Å². The Hall–Kier alpha value is -11.6. The van der Waals surface area contributed by atoms with E-state index < -0.39 is 91.3 Å². The van der Waals surface area contributed by atoms with E-state index >= 15 is 0 Å². The van der Waals surface area contributed by atoms with Crippen molar-refractivity contribution in [3.8, 4) is 28.7 Å². The van der Waals surface area contributed by atoms with Crippen molar-refractivity contribution in [2.45, 2.75) is 132 Å². The number of carbonyl (C=O) groups is 9. The topological polar surface area (TPSA) is 499 Å². The molecule has 1 saturated carbocycles. The number of aliphatic carboxylic acids is 1. The number of aryl methyl sites for hydroxylation is 1. The van der Waals surface area contributed by atoms with Crippen molar-refractivity contribution in [3.05, 3.63) is 148 Å². The van der Waals surface area contributed by atoms with Gasteiger partial charge in [0.05, 0.1) is 221 Å². The lowest BCUT2D eigenvalue weighted by Gasteiger charge is -2.45. The van der Waals surface area contributed by atoms with Gasteiger partial charge in [0.2, 0.25) is 47.3 Å². The van der Waals surface area contributed by atoms with E-state index in [1.54, 1.807) is 67.4 Å². The summed E-state index contributed by atoms with van der Waals surface area (Å²) in [6, 6.07) is 29.4. The molecule has 4 aromatic carbocycles. The van der Waals surface area contributed by atoms with Crippen LogP contribution in [0.3, 0.4) is 0 Å². The number of imide groups is 1. The van der Waals surface area contributed by atoms with E-state index in [0.717, 1.165) is 84.2 Å². The molecule has 3 aliphatic heterocycles. The van der Waals surface area contributed by atoms with Gasteiger partial charge in [-0.15, -0.1) is 0 Å². The first-order valence-electron chi connectivity index (χ1n) is 49.9. The molecule has 4 fully saturated rings. The highest BCUT2D eigenvalue weighted by Crippen LogP contribution is 2.45. The monoisotopic (exact) mass is 2020 g/mol. The van der Waals surface area contributed by atoms with Gasteiger partial charge < -0.3 is 138 Å². The number of pyridine rings is 1. The molecule has 1 aliphatic carbocycles. The number of nitrogens with one attached hydrogen (secondary N) is 8. The summed E-state index contributed by atoms with van der Waals surface area (Å²) < 4.78 is 86.6. The molecular formula is C103H144N16O26. The molecule has 11 N–H and O–H groups in total. The van der Waals surface area contributed by atoms with Crippen LogP contribution < -0.4 is 63.0 Å². The van der Waals surface area contributed by atoms with Crippen LogP contribution in [0.5, 0.6) is 5.75 Å². The number of hydrogen-bond donors (Lipinski definition) is 10. The van der Waals surface area contributed by atoms with Crippen molar-refractivity contribution in [3.63, 3.8) is 0 Å². The van der Waals surface area contributed by atoms with E-state index in [9.17, 15) is 47.9 Å². The largest absolute Gasteiger partial charge is 0.495 e. The van der Waals surface area contributed by atoms with Crippen LogP contribution in [-0.4, -0.2) is 363 Å². The second kappa shape index (κ2) is 62.4. The van der Waals surface area contributed by atoms with Crippen LogP contribution in [0, 0.1) is 11.8 Å². The summed E-state index contributed by atoms with van der Waals surface area (Å²) in [5, 5.41) is 30.2. The zero-order valence-corrected chi connectivity index (χ0v) is 83.8. The number of H-pyrrole nitrogens is 1. The van der Waals surface area contributed by atoms with Crippen LogP contribution in [-0.2, 0) is 124 Å². The lowest BCUT2D eigenvalue weighted by atomic mass is 9.87. The van der Waals surface area contributed by atoms with Crippen molar-refractivity contribution in [2.75, 3.05) is 255 Å². The average Bonchev–Trinajstić information content (AvgIpc) is 1.45. The zero-order valence-electron chi connectivity index (χ0n) is 83.8. The Morgan fingerprint density at radius 2 is 1.18 bits per heavy atom. The lowest BCUT2D eigenvalue weighted by Crippen LogP contribution is -2.55. The molecule has 792 valence electrons. The predicted octanol–water partition coefficient (Wildman–Crippen LogP) is 4.35. The number of aromatic nitrogens is 4. The third kappa shape index (κ3) is 38.3. The van der Waals surface area contributed by atoms with E-state index in [-0.39, 0.29) is 87.7 Å². The van der Waals surface area contributed by atoms with Crippen molar-refractivity contribution in [1.29, 1.82) is 0 Å². The summed E-state index contributed by atoms with van der Waals surface area (Å²) in [5.74, 6) is 2.49. The number of amides is 9. The van der Waals surface area contributed by atoms with E-state index in [1.165, 1.54) is 12.0 Å². The lowest BCUT2D eigenvalue weighted by molar-refractivity contribution is -0.139. The molecular weight excluding hydrogens is 1880 g/mol. The smallest absolute Gasteiger partial charge is 0.332 e. The number of aromatic amines is 1. The molecule has 3 aromatic heterocycles. The number of carbonyl (C=O) groups excluding carboxylic acids is 8. The molecule has 42 heteroatoms. The number of rotatable bonds is 70. The second-order valence-electron chi connectivity index (χ2n) is 35.6. The third-order valence-electron chi connectivity index (χ3n) is 24.9. The first kappa shape index (κ1) is 114. The molecule has 11 rings (SSSR count). The number of likely N-dealkylation sites (tertiary alicyclic amines) is 1. The fraction of sp³-hybridized carbons (Fsp3) is 0.573. The Morgan fingerprint density at radius 3 is 1.78 bits per heavy atom. The molecule has 9 amide bonds. The number of nitrogens with two attached hydrogens (primary N) is 1. The summed E-state index contributed by atoms with van der Waals surface area (Å²) in [5.41, 5.74) is 10.2. The number of anilines is 2. The van der Waals surface area contributed by atoms with Crippen LogP contribution in [0.1, 0.15) is 113 Å². The van der Waals surface area contributed by atoms with Gasteiger partial charge in [-0.1, -0.05) is 78.6 Å². The number of nitrogens with zero attached hydrogens (tertiary/aromatic N) is 7. The summed E-state index contributed by atoms with van der Waals surface area (Å²) >= 11 is 0. The van der Waals surface area contributed by atoms with Crippen molar-refractivity contribution in [2.24, 2.45) is 12.8 Å². The Balaban J connectivity index is 0.582. The summed E-state index contributed by atoms with van der Waals surface area (Å²) in [6.07, 6.45) is 9.20. The average molecular weight is 2020 g/mol. The molecule has 3 saturated heterocycles. The quantitative estimate of drug-likeness (QED) is 0.0144. The van der Waals surface area contributed by atoms with Gasteiger partial charge in [0.15, 0.2) is 5.60 Å². The molecule has 0 unspecified atom stereocenters. The maximum absolute atomic E-state index is 14.1. The SMILES string of the molecule is COCCOCCOCCOCCOCCOCCOCCOCCOCCOCCOCCOCCC(=O)NCCCC[C@H](N)C(=O)NCC(=O)N[C@@H](Cc1ccccc1)C(=O)NCC(=O)NCOC[C@](OC1CC1)(c1ccccc1)c1nc(N2CCC(N3CCC(C)(NCC#Cc4ccc(OC)c(N5CCC(=O)N(CNC(=O)CCC(=O)O)C5=O)c4)CC3)CC2)nc2ccc(-c3cn(C)c(=O)c4[nH]ccc34)cc12. The Kier molecular flexibility index (Phi) is 49.0. The van der Waals surface area contributed by atoms with Crippen LogP contribution in [0.4, 0.5) is 16.4 Å². The molecule has 0 spiro atoms. The summed E-state index contributed by atoms with van der Waals surface area (Å²) in [4.78, 5) is 152. The maximum atomic E-state index is 14.1. The summed E-state index contributed by atoms with van der Waals surface area (Å²) in [6.45, 7) is 14.4. The number of piperidine rings is 2. The molecule has 0 radical (unpaired) electrons. The Morgan fingerprint density at radius 1 is 0.593 bits per heavy atom. The normalized spacial score (nSPS) is 15.4. The molecule has 7 aromatic rings. The number of carboxylic acid groups (broad SMARTS) is 1. The highest BCUT2D eigenvalue weighted by Gasteiger charge is 2.46. The number of ether oxygens (including phenoxy) is 15. The van der Waals surface area contributed by atoms with Gasteiger partial charge in [0, 0.05) is 125 Å². The number of methoxy groups -OCH3 is 2. The van der Waals surface area contributed by atoms with Crippen molar-refractivity contribution >= 4 is 86.8 Å². The van der Waals surface area contributed by atoms with Crippen LogP contribution in [0.25, 0.3) is 32.9 Å². The molecule has 4 aliphatic rings. The standard InChI is InChI=1S/C103H144N16O26/c1-102(111-36-13-16-76-20-25-88(132-4)87(67-76)118-40-31-93(124)119(101(118)130)73-109-89(120)26-27-94(125)126)33-41-116(42-34-102)79-29-38-117(39-30-79)100-113-85-24-21-77(83-71-115(2)99(129)95-81(83)28-37-106-95)68-82(85)96(114-100)103(145-80-22-23-80,78-17-9-6-10-18-78)72-144-74-110-91(122)69-108-98(128)86(66-75-14-7-5-8-15-75)112-92(123)70-107-97(127)84(104)19-11-12-35-105-90(121)32-43-133-46-47-135-50-51-137-54-55-139-58-59-141-62-63-143-65-64-142-61-60-140-57-56-138-53-52-136-49-48-134-45-44-131-3/h5-10,14-15,17-18,20-21,24-25,28,37,67-68,71,79-80,84,86,106,111H,11-12,19,22-23,26-27,29-36,38-66,69-70,72-74,104H2,1-4H3,(H,105,121)(H,107,127)(H,108,128)(H,109,120)(H,110,122)(H,112,123)(H,125,126)/t84-,86-,103-/m0/s1. The minimum atomic E-state index is -1.41. The van der Waals surface area contributed by atoms with E-state index in [0.29, 0.717) is 229 Å². The highest BCUT2D eigenvalue weighted by molar-refractivity contribution is 6.07. The fourth-order valence-corrected chi connectivity index (χ4v) is 16.6. The number of urea groups is 1. The first-order chi connectivity index (χ1) is 70.6. The van der Waals surface area contributed by atoms with Gasteiger partial charge in [-0.2, -0.15) is 0 Å². The number of unbranched alkanes of at least 4 members (excludes halogenated alkanes) is 1. The molecule has 3 atom stereocenters. The Labute approximate surface area is 845 Å².